The molecule has 2 aromatic heterocycles. The van der Waals surface area contributed by atoms with E-state index in [9.17, 15) is 4.79 Å². The maximum absolute atomic E-state index is 12.3. The first-order chi connectivity index (χ1) is 11.3. The van der Waals surface area contributed by atoms with Gasteiger partial charge in [-0.2, -0.15) is 0 Å². The number of nitrogens with zero attached hydrogens (tertiary/aromatic N) is 5. The molecule has 23 heavy (non-hydrogen) atoms. The number of aromatic nitrogens is 4. The topological polar surface area (TPSA) is 93.1 Å². The van der Waals surface area contributed by atoms with E-state index in [0.717, 1.165) is 18.7 Å². The van der Waals surface area contributed by atoms with Crippen molar-refractivity contribution in [2.45, 2.75) is 18.9 Å². The van der Waals surface area contributed by atoms with Crippen molar-refractivity contribution < 1.29 is 9.53 Å². The molecule has 1 amide bonds. The fourth-order valence-electron chi connectivity index (χ4n) is 2.52. The third-order valence-electron chi connectivity index (χ3n) is 3.74. The van der Waals surface area contributed by atoms with E-state index in [-0.39, 0.29) is 17.8 Å². The van der Waals surface area contributed by atoms with Crippen LogP contribution in [0.2, 0.25) is 0 Å². The molecule has 0 spiro atoms. The lowest BCUT2D eigenvalue weighted by Crippen LogP contribution is -2.43. The first-order valence-electron chi connectivity index (χ1n) is 7.45. The van der Waals surface area contributed by atoms with Gasteiger partial charge in [0.25, 0.3) is 5.91 Å². The lowest BCUT2D eigenvalue weighted by Gasteiger charge is -2.32. The summed E-state index contributed by atoms with van der Waals surface area (Å²) >= 11 is 0. The fourth-order valence-corrected chi connectivity index (χ4v) is 2.52. The molecule has 1 N–H and O–H groups in total. The second-order valence-electron chi connectivity index (χ2n) is 5.23. The lowest BCUT2D eigenvalue weighted by molar-refractivity contribution is 0.0706. The van der Waals surface area contributed by atoms with E-state index < -0.39 is 0 Å². The van der Waals surface area contributed by atoms with Crippen molar-refractivity contribution in [1.29, 1.82) is 0 Å². The van der Waals surface area contributed by atoms with Gasteiger partial charge in [0.05, 0.1) is 7.11 Å². The second-order valence-corrected chi connectivity index (χ2v) is 5.23. The number of methoxy groups -OCH3 is 1. The van der Waals surface area contributed by atoms with E-state index in [2.05, 4.69) is 25.3 Å². The summed E-state index contributed by atoms with van der Waals surface area (Å²) in [5.74, 6) is 1.39. The molecule has 0 bridgehead atoms. The van der Waals surface area contributed by atoms with Crippen LogP contribution in [0.15, 0.2) is 30.9 Å². The lowest BCUT2D eigenvalue weighted by atomic mass is 10.0. The van der Waals surface area contributed by atoms with Crippen LogP contribution < -0.4 is 10.1 Å². The number of carbonyl (C=O) groups is 1. The molecule has 0 aliphatic carbocycles. The molecule has 8 nitrogen and oxygen atoms in total. The summed E-state index contributed by atoms with van der Waals surface area (Å²) in [5.41, 5.74) is 0. The van der Waals surface area contributed by atoms with Crippen LogP contribution in [-0.2, 0) is 0 Å². The second kappa shape index (κ2) is 6.99. The molecule has 1 aliphatic rings. The quantitative estimate of drug-likeness (QED) is 0.899. The van der Waals surface area contributed by atoms with Crippen LogP contribution in [0.1, 0.15) is 23.5 Å². The highest BCUT2D eigenvalue weighted by molar-refractivity contribution is 5.90. The van der Waals surface area contributed by atoms with Gasteiger partial charge in [0, 0.05) is 37.6 Å². The van der Waals surface area contributed by atoms with Gasteiger partial charge < -0.3 is 15.0 Å². The van der Waals surface area contributed by atoms with Crippen LogP contribution in [0.3, 0.4) is 0 Å². The third kappa shape index (κ3) is 3.71. The van der Waals surface area contributed by atoms with Crippen LogP contribution >= 0.6 is 0 Å². The molecule has 0 saturated carbocycles. The number of nitrogens with one attached hydrogen (secondary N) is 1. The predicted molar refractivity (Wildman–Crippen MR) is 83.2 cm³/mol. The van der Waals surface area contributed by atoms with E-state index in [4.69, 9.17) is 4.74 Å². The largest absolute Gasteiger partial charge is 0.481 e. The van der Waals surface area contributed by atoms with Gasteiger partial charge in [-0.1, -0.05) is 0 Å². The average Bonchev–Trinajstić information content (AvgIpc) is 2.63. The van der Waals surface area contributed by atoms with Crippen LogP contribution in [-0.4, -0.2) is 57.0 Å². The minimum Gasteiger partial charge on any atom is -0.481 e. The first-order valence-corrected chi connectivity index (χ1v) is 7.45. The molecule has 0 unspecified atom stereocenters. The maximum Gasteiger partial charge on any atom is 0.291 e. The number of hydrogen-bond donors (Lipinski definition) is 1. The van der Waals surface area contributed by atoms with Crippen molar-refractivity contribution in [3.05, 3.63) is 36.7 Å². The molecule has 1 fully saturated rings. The number of ether oxygens (including phenoxy) is 1. The van der Waals surface area contributed by atoms with Crippen molar-refractivity contribution in [2.24, 2.45) is 0 Å². The summed E-state index contributed by atoms with van der Waals surface area (Å²) in [5, 5.41) is 3.35. The fraction of sp³-hybridized carbons (Fsp3) is 0.400. The zero-order valence-electron chi connectivity index (χ0n) is 12.8. The normalized spacial score (nSPS) is 15.3. The zero-order valence-corrected chi connectivity index (χ0v) is 12.8. The number of piperidine rings is 1. The Morgan fingerprint density at radius 2 is 1.96 bits per heavy atom. The highest BCUT2D eigenvalue weighted by Gasteiger charge is 2.25. The van der Waals surface area contributed by atoms with Gasteiger partial charge >= 0.3 is 0 Å². The minimum absolute atomic E-state index is 0.118. The number of likely N-dealkylation sites (tertiary alicyclic amines) is 1. The van der Waals surface area contributed by atoms with E-state index in [0.29, 0.717) is 19.0 Å². The minimum atomic E-state index is -0.118. The van der Waals surface area contributed by atoms with E-state index in [1.807, 2.05) is 0 Å². The Kier molecular flexibility index (Phi) is 4.60. The molecule has 1 saturated heterocycles. The Labute approximate surface area is 134 Å². The van der Waals surface area contributed by atoms with Crippen LogP contribution in [0.25, 0.3) is 0 Å². The molecule has 8 heteroatoms. The van der Waals surface area contributed by atoms with Crippen molar-refractivity contribution in [1.82, 2.24) is 24.8 Å². The van der Waals surface area contributed by atoms with Crippen LogP contribution in [0, 0.1) is 0 Å². The SMILES string of the molecule is COc1cc(NC2CCN(C(=O)c3ncccn3)CC2)ncn1. The number of hydrogen-bond acceptors (Lipinski definition) is 7. The van der Waals surface area contributed by atoms with Crippen molar-refractivity contribution in [2.75, 3.05) is 25.5 Å². The Morgan fingerprint density at radius 3 is 2.65 bits per heavy atom. The summed E-state index contributed by atoms with van der Waals surface area (Å²) in [6, 6.07) is 3.72. The molecule has 0 aromatic carbocycles. The molecule has 0 atom stereocenters. The molecule has 120 valence electrons. The third-order valence-corrected chi connectivity index (χ3v) is 3.74. The summed E-state index contributed by atoms with van der Waals surface area (Å²) in [4.78, 5) is 30.3. The standard InChI is InChI=1S/C15H18N6O2/c1-23-13-9-12(18-10-19-13)20-11-3-7-21(8-4-11)15(22)14-16-5-2-6-17-14/h2,5-6,9-11H,3-4,7-8H2,1H3,(H,18,19,20). The van der Waals surface area contributed by atoms with Crippen molar-refractivity contribution >= 4 is 11.7 Å². The Morgan fingerprint density at radius 1 is 1.22 bits per heavy atom. The monoisotopic (exact) mass is 314 g/mol. The van der Waals surface area contributed by atoms with Gasteiger partial charge in [0.15, 0.2) is 0 Å². The molecular weight excluding hydrogens is 296 g/mol. The van der Waals surface area contributed by atoms with Gasteiger partial charge in [-0.25, -0.2) is 19.9 Å². The van der Waals surface area contributed by atoms with Crippen molar-refractivity contribution in [3.8, 4) is 5.88 Å². The highest BCUT2D eigenvalue weighted by Crippen LogP contribution is 2.18. The molecule has 2 aromatic rings. The Hall–Kier alpha value is -2.77. The van der Waals surface area contributed by atoms with E-state index in [1.54, 1.807) is 36.5 Å². The van der Waals surface area contributed by atoms with Gasteiger partial charge in [0.2, 0.25) is 11.7 Å². The van der Waals surface area contributed by atoms with Gasteiger partial charge in [-0.05, 0) is 18.9 Å². The smallest absolute Gasteiger partial charge is 0.291 e. The number of rotatable bonds is 4. The maximum atomic E-state index is 12.3. The summed E-state index contributed by atoms with van der Waals surface area (Å²) < 4.78 is 5.08. The van der Waals surface area contributed by atoms with Gasteiger partial charge in [-0.15, -0.1) is 0 Å². The molecule has 3 rings (SSSR count). The Bertz CT molecular complexity index is 658. The highest BCUT2D eigenvalue weighted by atomic mass is 16.5. The van der Waals surface area contributed by atoms with Crippen LogP contribution in [0.5, 0.6) is 5.88 Å². The molecular formula is C15H18N6O2. The Balaban J connectivity index is 1.55. The number of amides is 1. The zero-order chi connectivity index (χ0) is 16.1. The van der Waals surface area contributed by atoms with Crippen LogP contribution in [0.4, 0.5) is 5.82 Å². The molecule has 0 radical (unpaired) electrons. The van der Waals surface area contributed by atoms with E-state index in [1.165, 1.54) is 6.33 Å². The molecule has 1 aliphatic heterocycles. The average molecular weight is 314 g/mol. The molecule has 3 heterocycles. The van der Waals surface area contributed by atoms with E-state index >= 15 is 0 Å². The summed E-state index contributed by atoms with van der Waals surface area (Å²) in [6.07, 6.45) is 6.30. The van der Waals surface area contributed by atoms with Gasteiger partial charge in [0.1, 0.15) is 12.1 Å². The van der Waals surface area contributed by atoms with Gasteiger partial charge in [-0.3, -0.25) is 4.79 Å². The summed E-state index contributed by atoms with van der Waals surface area (Å²) in [6.45, 7) is 1.33. The first kappa shape index (κ1) is 15.1. The number of anilines is 1. The van der Waals surface area contributed by atoms with Crippen molar-refractivity contribution in [3.63, 3.8) is 0 Å². The predicted octanol–water partition coefficient (Wildman–Crippen LogP) is 0.992. The number of carbonyl (C=O) groups excluding carboxylic acids is 1. The summed E-state index contributed by atoms with van der Waals surface area (Å²) in [7, 11) is 1.57.